The van der Waals surface area contributed by atoms with Crippen molar-refractivity contribution in [3.8, 4) is 11.5 Å². The molecule has 5 nitrogen and oxygen atoms in total. The smallest absolute Gasteiger partial charge is 0.238 e. The van der Waals surface area contributed by atoms with Crippen molar-refractivity contribution in [2.45, 2.75) is 6.54 Å². The van der Waals surface area contributed by atoms with Crippen LogP contribution in [-0.2, 0) is 11.3 Å². The third-order valence-electron chi connectivity index (χ3n) is 3.44. The Morgan fingerprint density at radius 2 is 1.91 bits per heavy atom. The molecule has 0 atom stereocenters. The van der Waals surface area contributed by atoms with Crippen LogP contribution in [0.3, 0.4) is 0 Å². The van der Waals surface area contributed by atoms with Gasteiger partial charge < -0.3 is 14.8 Å². The summed E-state index contributed by atoms with van der Waals surface area (Å²) in [5.41, 5.74) is 1.61. The van der Waals surface area contributed by atoms with Gasteiger partial charge in [-0.2, -0.15) is 0 Å². The summed E-state index contributed by atoms with van der Waals surface area (Å²) in [6.07, 6.45) is 0. The molecule has 0 aliphatic carbocycles. The first-order valence-electron chi connectivity index (χ1n) is 7.22. The summed E-state index contributed by atoms with van der Waals surface area (Å²) >= 11 is 0. The van der Waals surface area contributed by atoms with E-state index in [4.69, 9.17) is 9.47 Å². The lowest BCUT2D eigenvalue weighted by Crippen LogP contribution is -2.29. The van der Waals surface area contributed by atoms with Gasteiger partial charge >= 0.3 is 0 Å². The maximum Gasteiger partial charge on any atom is 0.238 e. The number of nitrogens with zero attached hydrogens (tertiary/aromatic N) is 1. The predicted octanol–water partition coefficient (Wildman–Crippen LogP) is 2.62. The summed E-state index contributed by atoms with van der Waals surface area (Å²) in [6.45, 7) is 0.994. The summed E-state index contributed by atoms with van der Waals surface area (Å²) in [5.74, 6) is 0.907. The lowest BCUT2D eigenvalue weighted by atomic mass is 10.2. The minimum Gasteiger partial charge on any atom is -0.454 e. The maximum absolute atomic E-state index is 12.9. The van der Waals surface area contributed by atoms with E-state index in [1.165, 1.54) is 12.1 Å². The SMILES string of the molecule is CN(CC(=O)Nc1ccc2c(c1)OCO2)Cc1ccc(F)cc1. The van der Waals surface area contributed by atoms with Crippen molar-refractivity contribution in [1.29, 1.82) is 0 Å². The zero-order chi connectivity index (χ0) is 16.2. The van der Waals surface area contributed by atoms with Crippen LogP contribution in [0.5, 0.6) is 11.5 Å². The van der Waals surface area contributed by atoms with Crippen LogP contribution in [0.1, 0.15) is 5.56 Å². The molecular formula is C17H17FN2O3. The normalized spacial score (nSPS) is 12.5. The number of hydrogen-bond donors (Lipinski definition) is 1. The van der Waals surface area contributed by atoms with Crippen molar-refractivity contribution in [3.05, 3.63) is 53.8 Å². The summed E-state index contributed by atoms with van der Waals surface area (Å²) in [5, 5.41) is 2.82. The number of nitrogens with one attached hydrogen (secondary N) is 1. The summed E-state index contributed by atoms with van der Waals surface area (Å²) in [4.78, 5) is 13.9. The van der Waals surface area contributed by atoms with E-state index < -0.39 is 0 Å². The monoisotopic (exact) mass is 316 g/mol. The van der Waals surface area contributed by atoms with E-state index in [2.05, 4.69) is 5.32 Å². The topological polar surface area (TPSA) is 50.8 Å². The van der Waals surface area contributed by atoms with Crippen molar-refractivity contribution < 1.29 is 18.7 Å². The molecule has 0 spiro atoms. The van der Waals surface area contributed by atoms with Gasteiger partial charge in [0.15, 0.2) is 11.5 Å². The molecule has 1 N–H and O–H groups in total. The number of carbonyl (C=O) groups is 1. The molecule has 120 valence electrons. The minimum atomic E-state index is -0.267. The Morgan fingerprint density at radius 3 is 2.70 bits per heavy atom. The third-order valence-corrected chi connectivity index (χ3v) is 3.44. The average molecular weight is 316 g/mol. The number of anilines is 1. The van der Waals surface area contributed by atoms with Gasteiger partial charge in [-0.15, -0.1) is 0 Å². The van der Waals surface area contributed by atoms with Crippen LogP contribution in [0, 0.1) is 5.82 Å². The van der Waals surface area contributed by atoms with Crippen LogP contribution in [-0.4, -0.2) is 31.2 Å². The fourth-order valence-electron chi connectivity index (χ4n) is 2.38. The summed E-state index contributed by atoms with van der Waals surface area (Å²) < 4.78 is 23.4. The van der Waals surface area contributed by atoms with Crippen molar-refractivity contribution in [1.82, 2.24) is 4.90 Å². The first-order valence-corrected chi connectivity index (χ1v) is 7.22. The van der Waals surface area contributed by atoms with Gasteiger partial charge in [-0.25, -0.2) is 4.39 Å². The number of rotatable bonds is 5. The van der Waals surface area contributed by atoms with Crippen molar-refractivity contribution in [2.24, 2.45) is 0 Å². The Labute approximate surface area is 133 Å². The second kappa shape index (κ2) is 6.66. The van der Waals surface area contributed by atoms with E-state index >= 15 is 0 Å². The van der Waals surface area contributed by atoms with Gasteiger partial charge in [0.1, 0.15) is 5.82 Å². The van der Waals surface area contributed by atoms with E-state index in [9.17, 15) is 9.18 Å². The molecule has 2 aromatic carbocycles. The van der Waals surface area contributed by atoms with Crippen LogP contribution in [0.15, 0.2) is 42.5 Å². The van der Waals surface area contributed by atoms with Gasteiger partial charge in [-0.1, -0.05) is 12.1 Å². The molecule has 6 heteroatoms. The van der Waals surface area contributed by atoms with Crippen LogP contribution in [0.2, 0.25) is 0 Å². The van der Waals surface area contributed by atoms with E-state index in [-0.39, 0.29) is 25.1 Å². The average Bonchev–Trinajstić information content (AvgIpc) is 2.97. The Bertz CT molecular complexity index is 703. The molecule has 1 amide bonds. The Hall–Kier alpha value is -2.60. The largest absolute Gasteiger partial charge is 0.454 e. The lowest BCUT2D eigenvalue weighted by molar-refractivity contribution is -0.117. The standard InChI is InChI=1S/C17H17FN2O3/c1-20(9-12-2-4-13(18)5-3-12)10-17(21)19-14-6-7-15-16(8-14)23-11-22-15/h2-8H,9-11H2,1H3,(H,19,21). The number of benzene rings is 2. The second-order valence-electron chi connectivity index (χ2n) is 5.41. The highest BCUT2D eigenvalue weighted by Crippen LogP contribution is 2.34. The number of carbonyl (C=O) groups excluding carboxylic acids is 1. The van der Waals surface area contributed by atoms with E-state index in [1.54, 1.807) is 30.3 Å². The molecule has 0 aromatic heterocycles. The number of likely N-dealkylation sites (N-methyl/N-ethyl adjacent to an activating group) is 1. The summed E-state index contributed by atoms with van der Waals surface area (Å²) in [6, 6.07) is 11.5. The van der Waals surface area contributed by atoms with Gasteiger partial charge in [-0.3, -0.25) is 9.69 Å². The number of hydrogen-bond acceptors (Lipinski definition) is 4. The molecule has 0 radical (unpaired) electrons. The van der Waals surface area contributed by atoms with Gasteiger partial charge in [0, 0.05) is 18.3 Å². The third kappa shape index (κ3) is 3.98. The van der Waals surface area contributed by atoms with Gasteiger partial charge in [0.2, 0.25) is 12.7 Å². The first-order chi connectivity index (χ1) is 11.1. The summed E-state index contributed by atoms with van der Waals surface area (Å²) in [7, 11) is 1.84. The predicted molar refractivity (Wildman–Crippen MR) is 83.9 cm³/mol. The van der Waals surface area contributed by atoms with Gasteiger partial charge in [0.05, 0.1) is 6.54 Å². The molecule has 0 bridgehead atoms. The molecular weight excluding hydrogens is 299 g/mol. The molecule has 1 aliphatic heterocycles. The molecule has 0 saturated carbocycles. The number of halogens is 1. The van der Waals surface area contributed by atoms with E-state index in [0.29, 0.717) is 23.7 Å². The van der Waals surface area contributed by atoms with Crippen LogP contribution < -0.4 is 14.8 Å². The van der Waals surface area contributed by atoms with E-state index in [1.807, 2.05) is 11.9 Å². The first kappa shape index (κ1) is 15.3. The number of ether oxygens (including phenoxy) is 2. The number of fused-ring (bicyclic) bond motifs is 1. The van der Waals surface area contributed by atoms with Gasteiger partial charge in [-0.05, 0) is 36.9 Å². The Kier molecular flexibility index (Phi) is 4.43. The second-order valence-corrected chi connectivity index (χ2v) is 5.41. The van der Waals surface area contributed by atoms with Crippen LogP contribution >= 0.6 is 0 Å². The zero-order valence-corrected chi connectivity index (χ0v) is 12.7. The fourth-order valence-corrected chi connectivity index (χ4v) is 2.38. The van der Waals surface area contributed by atoms with Crippen LogP contribution in [0.25, 0.3) is 0 Å². The number of amides is 1. The molecule has 0 fully saturated rings. The van der Waals surface area contributed by atoms with Crippen molar-refractivity contribution in [3.63, 3.8) is 0 Å². The highest BCUT2D eigenvalue weighted by atomic mass is 19.1. The van der Waals surface area contributed by atoms with Crippen molar-refractivity contribution >= 4 is 11.6 Å². The highest BCUT2D eigenvalue weighted by molar-refractivity contribution is 5.92. The Morgan fingerprint density at radius 1 is 1.17 bits per heavy atom. The molecule has 0 unspecified atom stereocenters. The molecule has 3 rings (SSSR count). The fraction of sp³-hybridized carbons (Fsp3) is 0.235. The quantitative estimate of drug-likeness (QED) is 0.921. The van der Waals surface area contributed by atoms with Crippen LogP contribution in [0.4, 0.5) is 10.1 Å². The highest BCUT2D eigenvalue weighted by Gasteiger charge is 2.14. The molecule has 23 heavy (non-hydrogen) atoms. The van der Waals surface area contributed by atoms with Crippen molar-refractivity contribution in [2.75, 3.05) is 25.7 Å². The lowest BCUT2D eigenvalue weighted by Gasteiger charge is -2.16. The van der Waals surface area contributed by atoms with E-state index in [0.717, 1.165) is 5.56 Å². The van der Waals surface area contributed by atoms with Gasteiger partial charge in [0.25, 0.3) is 0 Å². The molecule has 1 aliphatic rings. The Balaban J connectivity index is 1.53. The molecule has 0 saturated heterocycles. The molecule has 1 heterocycles. The maximum atomic E-state index is 12.9. The molecule has 2 aromatic rings. The minimum absolute atomic E-state index is 0.131. The zero-order valence-electron chi connectivity index (χ0n) is 12.7.